The lowest BCUT2D eigenvalue weighted by Crippen LogP contribution is -2.32. The molecule has 1 aromatic carbocycles. The first-order valence-corrected chi connectivity index (χ1v) is 9.55. The normalized spacial score (nSPS) is 15.0. The maximum Gasteiger partial charge on any atom is 0.259 e. The lowest BCUT2D eigenvalue weighted by atomic mass is 10.0. The van der Waals surface area contributed by atoms with Gasteiger partial charge in [-0.1, -0.05) is 48.8 Å². The highest BCUT2D eigenvalue weighted by molar-refractivity contribution is 6.06. The number of carbonyl (C=O) groups excluding carboxylic acids is 1. The summed E-state index contributed by atoms with van der Waals surface area (Å²) in [5.74, 6) is 0.267. The van der Waals surface area contributed by atoms with E-state index in [1.807, 2.05) is 36.4 Å². The average molecular weight is 364 g/mol. The summed E-state index contributed by atoms with van der Waals surface area (Å²) in [6, 6.07) is 11.4. The molecule has 2 heterocycles. The zero-order valence-electron chi connectivity index (χ0n) is 15.4. The summed E-state index contributed by atoms with van der Waals surface area (Å²) in [6.07, 6.45) is 3.88. The smallest absolute Gasteiger partial charge is 0.259 e. The summed E-state index contributed by atoms with van der Waals surface area (Å²) in [6.45, 7) is 2.44. The lowest BCUT2D eigenvalue weighted by Gasteiger charge is -2.14. The van der Waals surface area contributed by atoms with E-state index in [2.05, 4.69) is 22.4 Å². The second-order valence-electron chi connectivity index (χ2n) is 7.16. The monoisotopic (exact) mass is 364 g/mol. The summed E-state index contributed by atoms with van der Waals surface area (Å²) in [7, 11) is 0. The molecule has 0 saturated heterocycles. The summed E-state index contributed by atoms with van der Waals surface area (Å²) in [5.41, 5.74) is 9.97. The summed E-state index contributed by atoms with van der Waals surface area (Å²) >= 11 is 0. The number of benzene rings is 1. The van der Waals surface area contributed by atoms with Crippen LogP contribution in [0.2, 0.25) is 0 Å². The van der Waals surface area contributed by atoms with Crippen molar-refractivity contribution in [1.29, 1.82) is 0 Å². The highest BCUT2D eigenvalue weighted by Gasteiger charge is 2.29. The van der Waals surface area contributed by atoms with E-state index in [-0.39, 0.29) is 11.9 Å². The van der Waals surface area contributed by atoms with Crippen molar-refractivity contribution in [3.63, 3.8) is 0 Å². The Labute approximate surface area is 158 Å². The molecule has 2 aromatic heterocycles. The van der Waals surface area contributed by atoms with Crippen molar-refractivity contribution >= 4 is 17.0 Å². The van der Waals surface area contributed by atoms with E-state index in [1.165, 1.54) is 0 Å². The van der Waals surface area contributed by atoms with Crippen molar-refractivity contribution in [2.45, 2.75) is 44.6 Å². The molecule has 0 aliphatic heterocycles. The Morgan fingerprint density at radius 1 is 1.33 bits per heavy atom. The molecule has 1 saturated carbocycles. The third-order valence-corrected chi connectivity index (χ3v) is 4.97. The van der Waals surface area contributed by atoms with E-state index in [0.717, 1.165) is 48.0 Å². The van der Waals surface area contributed by atoms with E-state index in [0.29, 0.717) is 23.7 Å². The fraction of sp³-hybridized carbons (Fsp3) is 0.381. The molecule has 27 heavy (non-hydrogen) atoms. The zero-order valence-corrected chi connectivity index (χ0v) is 15.4. The predicted octanol–water partition coefficient (Wildman–Crippen LogP) is 3.48. The Morgan fingerprint density at radius 2 is 2.11 bits per heavy atom. The molecule has 6 nitrogen and oxygen atoms in total. The van der Waals surface area contributed by atoms with Crippen molar-refractivity contribution < 1.29 is 9.32 Å². The van der Waals surface area contributed by atoms with Crippen LogP contribution in [-0.2, 0) is 6.42 Å². The average Bonchev–Trinajstić information content (AvgIpc) is 3.48. The number of pyridine rings is 1. The van der Waals surface area contributed by atoms with Crippen LogP contribution in [0, 0.1) is 0 Å². The van der Waals surface area contributed by atoms with Crippen LogP contribution >= 0.6 is 0 Å². The number of nitrogens with one attached hydrogen (secondary N) is 1. The Kier molecular flexibility index (Phi) is 4.90. The molecule has 1 unspecified atom stereocenters. The van der Waals surface area contributed by atoms with Gasteiger partial charge in [-0.3, -0.25) is 4.79 Å². The predicted molar refractivity (Wildman–Crippen MR) is 103 cm³/mol. The van der Waals surface area contributed by atoms with E-state index in [1.54, 1.807) is 0 Å². The van der Waals surface area contributed by atoms with Crippen molar-refractivity contribution in [3.8, 4) is 0 Å². The molecule has 0 radical (unpaired) electrons. The Hall–Kier alpha value is -2.73. The fourth-order valence-corrected chi connectivity index (χ4v) is 3.32. The number of amides is 1. The molecule has 3 N–H and O–H groups in total. The van der Waals surface area contributed by atoms with E-state index >= 15 is 0 Å². The number of hydrogen-bond donors (Lipinski definition) is 2. The van der Waals surface area contributed by atoms with Gasteiger partial charge in [-0.2, -0.15) is 0 Å². The molecule has 1 aliphatic rings. The second kappa shape index (κ2) is 7.48. The van der Waals surface area contributed by atoms with Gasteiger partial charge in [0.1, 0.15) is 0 Å². The summed E-state index contributed by atoms with van der Waals surface area (Å²) in [4.78, 5) is 17.6. The van der Waals surface area contributed by atoms with Gasteiger partial charge in [0.25, 0.3) is 11.6 Å². The molecule has 0 spiro atoms. The first-order chi connectivity index (χ1) is 13.2. The molecule has 1 fully saturated rings. The maximum atomic E-state index is 13.0. The number of rotatable bonds is 7. The molecule has 0 bridgehead atoms. The van der Waals surface area contributed by atoms with Crippen LogP contribution < -0.4 is 11.1 Å². The molecule has 1 aliphatic carbocycles. The number of nitrogens with two attached hydrogens (primary N) is 1. The van der Waals surface area contributed by atoms with E-state index in [4.69, 9.17) is 10.3 Å². The largest absolute Gasteiger partial charge is 0.350 e. The standard InChI is InChI=1S/C21H24N4O2/c1-2-6-17-19-15(11-18(14-9-10-14)24-21(19)27-25-17)20(26)23-12-16(22)13-7-4-3-5-8-13/h3-5,7-8,11,14,16H,2,6,9-10,12,22H2,1H3,(H,23,26). The van der Waals surface area contributed by atoms with Gasteiger partial charge in [0.2, 0.25) is 0 Å². The van der Waals surface area contributed by atoms with Crippen molar-refractivity contribution in [2.75, 3.05) is 6.54 Å². The SMILES string of the molecule is CCCc1noc2nc(C3CC3)cc(C(=O)NCC(N)c3ccccc3)c12. The van der Waals surface area contributed by atoms with Gasteiger partial charge in [0.05, 0.1) is 16.6 Å². The second-order valence-corrected chi connectivity index (χ2v) is 7.16. The highest BCUT2D eigenvalue weighted by Crippen LogP contribution is 2.40. The van der Waals surface area contributed by atoms with Gasteiger partial charge < -0.3 is 15.6 Å². The van der Waals surface area contributed by atoms with Gasteiger partial charge in [-0.05, 0) is 30.9 Å². The van der Waals surface area contributed by atoms with Crippen LogP contribution in [0.15, 0.2) is 40.9 Å². The summed E-state index contributed by atoms with van der Waals surface area (Å²) < 4.78 is 5.44. The number of hydrogen-bond acceptors (Lipinski definition) is 5. The van der Waals surface area contributed by atoms with E-state index in [9.17, 15) is 4.79 Å². The Morgan fingerprint density at radius 3 is 2.81 bits per heavy atom. The number of aromatic nitrogens is 2. The lowest BCUT2D eigenvalue weighted by molar-refractivity contribution is 0.0952. The molecule has 3 aromatic rings. The first kappa shape index (κ1) is 17.7. The van der Waals surface area contributed by atoms with Crippen LogP contribution in [0.1, 0.15) is 65.5 Å². The van der Waals surface area contributed by atoms with Crippen LogP contribution in [0.5, 0.6) is 0 Å². The quantitative estimate of drug-likeness (QED) is 0.669. The maximum absolute atomic E-state index is 13.0. The van der Waals surface area contributed by atoms with Crippen LogP contribution in [-0.4, -0.2) is 22.6 Å². The van der Waals surface area contributed by atoms with Gasteiger partial charge >= 0.3 is 0 Å². The molecule has 1 amide bonds. The third-order valence-electron chi connectivity index (χ3n) is 4.97. The Balaban J connectivity index is 1.60. The van der Waals surface area contributed by atoms with Gasteiger partial charge in [0.15, 0.2) is 0 Å². The van der Waals surface area contributed by atoms with Crippen molar-refractivity contribution in [2.24, 2.45) is 5.73 Å². The van der Waals surface area contributed by atoms with Crippen LogP contribution in [0.3, 0.4) is 0 Å². The minimum atomic E-state index is -0.257. The van der Waals surface area contributed by atoms with Crippen LogP contribution in [0.25, 0.3) is 11.1 Å². The van der Waals surface area contributed by atoms with Crippen molar-refractivity contribution in [3.05, 3.63) is 58.9 Å². The molecule has 1 atom stereocenters. The first-order valence-electron chi connectivity index (χ1n) is 9.55. The number of fused-ring (bicyclic) bond motifs is 1. The fourth-order valence-electron chi connectivity index (χ4n) is 3.32. The zero-order chi connectivity index (χ0) is 18.8. The third kappa shape index (κ3) is 3.71. The minimum Gasteiger partial charge on any atom is -0.350 e. The van der Waals surface area contributed by atoms with Gasteiger partial charge in [-0.25, -0.2) is 4.98 Å². The molecular weight excluding hydrogens is 340 g/mol. The van der Waals surface area contributed by atoms with Crippen molar-refractivity contribution in [1.82, 2.24) is 15.5 Å². The molecule has 6 heteroatoms. The topological polar surface area (TPSA) is 94.0 Å². The molecular formula is C21H24N4O2. The Bertz CT molecular complexity index is 947. The number of aryl methyl sites for hydroxylation is 1. The van der Waals surface area contributed by atoms with Crippen LogP contribution in [0.4, 0.5) is 0 Å². The van der Waals surface area contributed by atoms with Gasteiger partial charge in [0, 0.05) is 24.2 Å². The number of carbonyl (C=O) groups is 1. The highest BCUT2D eigenvalue weighted by atomic mass is 16.5. The molecule has 4 rings (SSSR count). The summed E-state index contributed by atoms with van der Waals surface area (Å²) in [5, 5.41) is 7.85. The molecule has 140 valence electrons. The minimum absolute atomic E-state index is 0.156. The van der Waals surface area contributed by atoms with Gasteiger partial charge in [-0.15, -0.1) is 0 Å². The van der Waals surface area contributed by atoms with E-state index < -0.39 is 0 Å². The number of nitrogens with zero attached hydrogens (tertiary/aromatic N) is 2.